The van der Waals surface area contributed by atoms with Gasteiger partial charge >= 0.3 is 0 Å². The molecular weight excluding hydrogens is 261 g/mol. The molecule has 21 heavy (non-hydrogen) atoms. The number of hydrogen-bond acceptors (Lipinski definition) is 1. The van der Waals surface area contributed by atoms with E-state index in [0.717, 1.165) is 29.8 Å². The Balaban J connectivity index is 1.64. The number of benzene rings is 1. The van der Waals surface area contributed by atoms with Gasteiger partial charge < -0.3 is 0 Å². The first-order chi connectivity index (χ1) is 10.1. The molecule has 0 aromatic heterocycles. The molecule has 1 heterocycles. The Morgan fingerprint density at radius 1 is 1.19 bits per heavy atom. The van der Waals surface area contributed by atoms with Crippen LogP contribution in [0.5, 0.6) is 0 Å². The zero-order valence-corrected chi connectivity index (χ0v) is 12.8. The van der Waals surface area contributed by atoms with Crippen molar-refractivity contribution in [1.82, 2.24) is 0 Å². The van der Waals surface area contributed by atoms with Crippen LogP contribution in [0.2, 0.25) is 0 Å². The number of unbranched alkanes of at least 4 members (excludes halogenated alkanes) is 1. The van der Waals surface area contributed by atoms with E-state index >= 15 is 0 Å². The molecular formula is C19H22FN. The molecule has 0 saturated carbocycles. The Hall–Kier alpha value is -1.70. The van der Waals surface area contributed by atoms with Crippen molar-refractivity contribution in [2.75, 3.05) is 0 Å². The summed E-state index contributed by atoms with van der Waals surface area (Å²) < 4.78 is 13.6. The predicted octanol–water partition coefficient (Wildman–Crippen LogP) is 5.49. The lowest BCUT2D eigenvalue weighted by Crippen LogP contribution is -2.27. The molecule has 1 atom stereocenters. The second kappa shape index (κ2) is 5.59. The van der Waals surface area contributed by atoms with Gasteiger partial charge in [0, 0.05) is 11.1 Å². The quantitative estimate of drug-likeness (QED) is 0.633. The zero-order valence-electron chi connectivity index (χ0n) is 12.8. The second-order valence-corrected chi connectivity index (χ2v) is 6.37. The van der Waals surface area contributed by atoms with Crippen molar-refractivity contribution in [1.29, 1.82) is 0 Å². The molecule has 2 heteroatoms. The topological polar surface area (TPSA) is 12.4 Å². The molecule has 0 saturated heterocycles. The van der Waals surface area contributed by atoms with Gasteiger partial charge in [0.25, 0.3) is 0 Å². The van der Waals surface area contributed by atoms with Crippen LogP contribution in [-0.2, 0) is 5.41 Å². The number of hydrogen-bond donors (Lipinski definition) is 0. The highest BCUT2D eigenvalue weighted by atomic mass is 19.1. The average molecular weight is 283 g/mol. The highest BCUT2D eigenvalue weighted by molar-refractivity contribution is 5.99. The number of fused-ring (bicyclic) bond motifs is 1. The summed E-state index contributed by atoms with van der Waals surface area (Å²) >= 11 is 0. The first-order valence-corrected chi connectivity index (χ1v) is 7.80. The Morgan fingerprint density at radius 2 is 1.95 bits per heavy atom. The lowest BCUT2D eigenvalue weighted by atomic mass is 9.75. The maximum absolute atomic E-state index is 13.6. The Labute approximate surface area is 126 Å². The fourth-order valence-electron chi connectivity index (χ4n) is 3.39. The molecule has 1 aliphatic heterocycles. The summed E-state index contributed by atoms with van der Waals surface area (Å²) in [4.78, 5) is 4.63. The van der Waals surface area contributed by atoms with Gasteiger partial charge in [-0.2, -0.15) is 0 Å². The van der Waals surface area contributed by atoms with Crippen molar-refractivity contribution in [3.8, 4) is 0 Å². The van der Waals surface area contributed by atoms with E-state index < -0.39 is 0 Å². The zero-order chi connectivity index (χ0) is 14.9. The molecule has 110 valence electrons. The number of aliphatic imine (C=N–C) groups is 1. The molecule has 0 N–H and O–H groups in total. The lowest BCUT2D eigenvalue weighted by Gasteiger charge is -2.26. The Bertz CT molecular complexity index is 614. The van der Waals surface area contributed by atoms with Gasteiger partial charge in [-0.3, -0.25) is 4.99 Å². The minimum atomic E-state index is -0.161. The van der Waals surface area contributed by atoms with Gasteiger partial charge in [0.15, 0.2) is 0 Å². The Kier molecular flexibility index (Phi) is 3.79. The number of rotatable bonds is 5. The molecule has 1 aliphatic carbocycles. The van der Waals surface area contributed by atoms with Crippen LogP contribution in [0.15, 0.2) is 47.5 Å². The first-order valence-electron chi connectivity index (χ1n) is 7.80. The summed E-state index contributed by atoms with van der Waals surface area (Å²) in [6, 6.07) is 4.96. The van der Waals surface area contributed by atoms with Crippen LogP contribution >= 0.6 is 0 Å². The molecule has 1 nitrogen and oxygen atoms in total. The lowest BCUT2D eigenvalue weighted by molar-refractivity contribution is 0.510. The molecule has 1 aromatic carbocycles. The van der Waals surface area contributed by atoms with Gasteiger partial charge in [-0.15, -0.1) is 0 Å². The van der Waals surface area contributed by atoms with E-state index in [9.17, 15) is 4.39 Å². The number of allylic oxidation sites excluding steroid dienone is 4. The second-order valence-electron chi connectivity index (χ2n) is 6.37. The van der Waals surface area contributed by atoms with Gasteiger partial charge in [-0.25, -0.2) is 4.39 Å². The van der Waals surface area contributed by atoms with E-state index in [1.807, 2.05) is 0 Å². The van der Waals surface area contributed by atoms with Crippen LogP contribution in [0.1, 0.15) is 45.1 Å². The SMILES string of the molecule is CC1=Nc2ccc(F)cc2C1(C)CCCCC1C=CC=C1. The number of nitrogens with zero attached hydrogens (tertiary/aromatic N) is 1. The smallest absolute Gasteiger partial charge is 0.123 e. The summed E-state index contributed by atoms with van der Waals surface area (Å²) in [5, 5.41) is 0. The van der Waals surface area contributed by atoms with Crippen molar-refractivity contribution in [3.63, 3.8) is 0 Å². The molecule has 0 amide bonds. The molecule has 0 radical (unpaired) electrons. The summed E-state index contributed by atoms with van der Waals surface area (Å²) in [6.07, 6.45) is 13.4. The summed E-state index contributed by atoms with van der Waals surface area (Å²) in [6.45, 7) is 4.27. The normalized spacial score (nSPS) is 23.7. The summed E-state index contributed by atoms with van der Waals surface area (Å²) in [5.41, 5.74) is 3.01. The van der Waals surface area contributed by atoms with E-state index in [1.165, 1.54) is 18.9 Å². The van der Waals surface area contributed by atoms with Crippen LogP contribution in [0.4, 0.5) is 10.1 Å². The van der Waals surface area contributed by atoms with Crippen LogP contribution in [0.3, 0.4) is 0 Å². The molecule has 0 fully saturated rings. The van der Waals surface area contributed by atoms with Crippen LogP contribution < -0.4 is 0 Å². The van der Waals surface area contributed by atoms with Crippen molar-refractivity contribution < 1.29 is 4.39 Å². The third kappa shape index (κ3) is 2.72. The van der Waals surface area contributed by atoms with E-state index in [2.05, 4.69) is 43.1 Å². The third-order valence-corrected chi connectivity index (χ3v) is 4.93. The summed E-state index contributed by atoms with van der Waals surface area (Å²) in [7, 11) is 0. The largest absolute Gasteiger partial charge is 0.257 e. The van der Waals surface area contributed by atoms with E-state index in [0.29, 0.717) is 5.92 Å². The highest BCUT2D eigenvalue weighted by Crippen LogP contribution is 2.43. The fraction of sp³-hybridized carbons (Fsp3) is 0.421. The van der Waals surface area contributed by atoms with Crippen molar-refractivity contribution in [2.24, 2.45) is 10.9 Å². The van der Waals surface area contributed by atoms with E-state index in [-0.39, 0.29) is 11.2 Å². The van der Waals surface area contributed by atoms with E-state index in [4.69, 9.17) is 0 Å². The molecule has 1 aromatic rings. The molecule has 1 unspecified atom stereocenters. The van der Waals surface area contributed by atoms with Gasteiger partial charge in [0.1, 0.15) is 5.82 Å². The number of halogens is 1. The molecule has 0 bridgehead atoms. The fourth-order valence-corrected chi connectivity index (χ4v) is 3.39. The van der Waals surface area contributed by atoms with Crippen molar-refractivity contribution in [3.05, 3.63) is 53.9 Å². The van der Waals surface area contributed by atoms with Crippen LogP contribution in [0.25, 0.3) is 0 Å². The van der Waals surface area contributed by atoms with Gasteiger partial charge in [0.2, 0.25) is 0 Å². The maximum atomic E-state index is 13.6. The van der Waals surface area contributed by atoms with Crippen LogP contribution in [-0.4, -0.2) is 5.71 Å². The van der Waals surface area contributed by atoms with Crippen molar-refractivity contribution >= 4 is 11.4 Å². The minimum absolute atomic E-state index is 0.0984. The molecule has 3 rings (SSSR count). The standard InChI is InChI=1S/C19H22FN/c1-14-19(2,12-6-5-9-15-7-3-4-8-15)17-13-16(20)10-11-18(17)21-14/h3-4,7-8,10-11,13,15H,5-6,9,12H2,1-2H3. The minimum Gasteiger partial charge on any atom is -0.257 e. The monoisotopic (exact) mass is 283 g/mol. The highest BCUT2D eigenvalue weighted by Gasteiger charge is 2.36. The summed E-state index contributed by atoms with van der Waals surface area (Å²) in [5.74, 6) is 0.451. The first kappa shape index (κ1) is 14.2. The van der Waals surface area contributed by atoms with E-state index in [1.54, 1.807) is 12.1 Å². The van der Waals surface area contributed by atoms with Gasteiger partial charge in [0.05, 0.1) is 5.69 Å². The predicted molar refractivity (Wildman–Crippen MR) is 86.8 cm³/mol. The van der Waals surface area contributed by atoms with Crippen LogP contribution in [0, 0.1) is 11.7 Å². The third-order valence-electron chi connectivity index (χ3n) is 4.93. The average Bonchev–Trinajstić information content (AvgIpc) is 3.05. The molecule has 0 spiro atoms. The van der Waals surface area contributed by atoms with Gasteiger partial charge in [-0.1, -0.05) is 44.1 Å². The van der Waals surface area contributed by atoms with Gasteiger partial charge in [-0.05, 0) is 49.4 Å². The molecule has 2 aliphatic rings. The van der Waals surface area contributed by atoms with Crippen molar-refractivity contribution in [2.45, 2.75) is 44.9 Å². The maximum Gasteiger partial charge on any atom is 0.123 e. The Morgan fingerprint density at radius 3 is 2.71 bits per heavy atom.